The number of ether oxygens (including phenoxy) is 6. The van der Waals surface area contributed by atoms with Crippen LogP contribution in [0.3, 0.4) is 0 Å². The highest BCUT2D eigenvalue weighted by Crippen LogP contribution is 2.33. The van der Waals surface area contributed by atoms with Gasteiger partial charge in [-0.1, -0.05) is 6.92 Å². The number of aliphatic carboxylic acids is 2. The quantitative estimate of drug-likeness (QED) is 0.0803. The predicted octanol–water partition coefficient (Wildman–Crippen LogP) is -8.58. The van der Waals surface area contributed by atoms with Crippen LogP contribution < -0.4 is 11.5 Å². The average Bonchev–Trinajstić information content (AvgIpc) is 3.04. The number of aliphatic hydroxyl groups is 10. The molecule has 0 radical (unpaired) electrons. The Morgan fingerprint density at radius 1 is 0.745 bits per heavy atom. The van der Waals surface area contributed by atoms with Gasteiger partial charge >= 0.3 is 11.9 Å². The number of rotatable bonds is 14. The number of carboxylic acids is 2. The normalized spacial score (nSPS) is 43.9. The molecule has 0 aromatic rings. The van der Waals surface area contributed by atoms with Crippen molar-refractivity contribution >= 4 is 11.9 Å². The molecule has 3 heterocycles. The highest BCUT2D eigenvalue weighted by atomic mass is 16.8. The fourth-order valence-electron chi connectivity index (χ4n) is 5.31. The number of aliphatic hydroxyl groups excluding tert-OH is 10. The van der Waals surface area contributed by atoms with Crippen molar-refractivity contribution in [2.75, 3.05) is 13.2 Å². The fraction of sp³-hybridized carbons (Fsp3) is 0.920. The van der Waals surface area contributed by atoms with Gasteiger partial charge in [0, 0.05) is 6.04 Å². The molecule has 16 N–H and O–H groups in total. The molecule has 22 nitrogen and oxygen atoms in total. The van der Waals surface area contributed by atoms with Gasteiger partial charge in [-0.3, -0.25) is 0 Å². The number of hydrogen-bond acceptors (Lipinski definition) is 20. The van der Waals surface area contributed by atoms with Gasteiger partial charge in [0.2, 0.25) is 0 Å². The van der Waals surface area contributed by atoms with Crippen molar-refractivity contribution in [3.05, 3.63) is 0 Å². The zero-order chi connectivity index (χ0) is 35.5. The van der Waals surface area contributed by atoms with Gasteiger partial charge in [0.15, 0.2) is 31.1 Å². The lowest BCUT2D eigenvalue weighted by Gasteiger charge is -2.48. The molecule has 0 aliphatic carbocycles. The summed E-state index contributed by atoms with van der Waals surface area (Å²) in [5.74, 6) is -3.51. The molecule has 274 valence electrons. The van der Waals surface area contributed by atoms with E-state index in [-0.39, 0.29) is 6.42 Å². The van der Waals surface area contributed by atoms with Crippen molar-refractivity contribution in [1.29, 1.82) is 0 Å². The Morgan fingerprint density at radius 2 is 1.30 bits per heavy atom. The Labute approximate surface area is 266 Å². The Balaban J connectivity index is 1.83. The highest BCUT2D eigenvalue weighted by molar-refractivity contribution is 5.74. The number of hydrogen-bond donors (Lipinski definition) is 14. The summed E-state index contributed by atoms with van der Waals surface area (Å²) in [6.07, 6.45) is -32.9. The number of nitrogens with two attached hydrogens (primary N) is 2. The van der Waals surface area contributed by atoms with Crippen LogP contribution in [0.2, 0.25) is 0 Å². The summed E-state index contributed by atoms with van der Waals surface area (Å²) < 4.78 is 32.4. The van der Waals surface area contributed by atoms with Crippen LogP contribution in [0.1, 0.15) is 13.3 Å². The van der Waals surface area contributed by atoms with Crippen LogP contribution >= 0.6 is 0 Å². The van der Waals surface area contributed by atoms with E-state index in [9.17, 15) is 70.9 Å². The molecular formula is C25H44N2O20. The average molecular weight is 693 g/mol. The van der Waals surface area contributed by atoms with E-state index in [2.05, 4.69) is 0 Å². The minimum Gasteiger partial charge on any atom is -0.479 e. The molecule has 3 aliphatic rings. The monoisotopic (exact) mass is 692 g/mol. The molecule has 0 aromatic heterocycles. The van der Waals surface area contributed by atoms with Crippen LogP contribution in [0.5, 0.6) is 0 Å². The van der Waals surface area contributed by atoms with Crippen LogP contribution in [0.15, 0.2) is 0 Å². The summed E-state index contributed by atoms with van der Waals surface area (Å²) in [7, 11) is 0. The predicted molar refractivity (Wildman–Crippen MR) is 144 cm³/mol. The van der Waals surface area contributed by atoms with Crippen molar-refractivity contribution in [2.24, 2.45) is 11.5 Å². The van der Waals surface area contributed by atoms with E-state index in [4.69, 9.17) is 39.9 Å². The van der Waals surface area contributed by atoms with Gasteiger partial charge in [-0.05, 0) is 6.42 Å². The summed E-state index contributed by atoms with van der Waals surface area (Å²) in [4.78, 5) is 23.7. The van der Waals surface area contributed by atoms with Gasteiger partial charge in [0.1, 0.15) is 73.2 Å². The second-order valence-corrected chi connectivity index (χ2v) is 11.4. The van der Waals surface area contributed by atoms with E-state index in [1.165, 1.54) is 0 Å². The molecule has 0 amide bonds. The van der Waals surface area contributed by atoms with Crippen LogP contribution in [-0.2, 0) is 38.0 Å². The lowest BCUT2D eigenvalue weighted by atomic mass is 9.94. The van der Waals surface area contributed by atoms with E-state index in [1.807, 2.05) is 0 Å². The van der Waals surface area contributed by atoms with Gasteiger partial charge in [0.05, 0.1) is 19.3 Å². The van der Waals surface area contributed by atoms with E-state index in [0.717, 1.165) is 0 Å². The Bertz CT molecular complexity index is 1030. The first-order chi connectivity index (χ1) is 22.0. The van der Waals surface area contributed by atoms with Crippen LogP contribution in [0.25, 0.3) is 0 Å². The molecule has 0 spiro atoms. The van der Waals surface area contributed by atoms with E-state index in [0.29, 0.717) is 0 Å². The van der Waals surface area contributed by atoms with Crippen molar-refractivity contribution < 1.29 is 99.3 Å². The largest absolute Gasteiger partial charge is 0.479 e. The van der Waals surface area contributed by atoms with Crippen molar-refractivity contribution in [3.8, 4) is 0 Å². The molecule has 3 fully saturated rings. The van der Waals surface area contributed by atoms with Crippen LogP contribution in [0.4, 0.5) is 0 Å². The van der Waals surface area contributed by atoms with Gasteiger partial charge in [-0.15, -0.1) is 0 Å². The maximum absolute atomic E-state index is 12.2. The number of carboxylic acid groups (broad SMARTS) is 2. The van der Waals surface area contributed by atoms with E-state index < -0.39 is 142 Å². The molecule has 3 aliphatic heterocycles. The third-order valence-electron chi connectivity index (χ3n) is 8.19. The smallest absolute Gasteiger partial charge is 0.335 e. The van der Waals surface area contributed by atoms with Crippen molar-refractivity contribution in [1.82, 2.24) is 0 Å². The molecule has 8 unspecified atom stereocenters. The standard InChI is InChI=1S/C25H44N2O20/c1-2-5(26)16(9(31)6(30)3-28)43-25-15(37)13(35)18(20(47-25)22(40)41)45-23-8(27)17(10(32)7(4-29)42-23)44-24-14(36)11(33)12(34)19(46-24)21(38)39/h5-20,23-25,28-37H,2-4,26-27H2,1H3,(H,38,39)(H,40,41)/t5?,6?,7?,8?,9-,10-,11+,12+,13-,14?,15?,16-,17-,18+,19?,20?,23+,24-,25-/m1/s1. The third kappa shape index (κ3) is 8.51. The first-order valence-corrected chi connectivity index (χ1v) is 14.6. The second-order valence-electron chi connectivity index (χ2n) is 11.4. The molecular weight excluding hydrogens is 648 g/mol. The molecule has 19 atom stereocenters. The fourth-order valence-corrected chi connectivity index (χ4v) is 5.31. The Morgan fingerprint density at radius 3 is 1.83 bits per heavy atom. The van der Waals surface area contributed by atoms with Crippen LogP contribution in [-0.4, -0.2) is 203 Å². The maximum Gasteiger partial charge on any atom is 0.335 e. The third-order valence-corrected chi connectivity index (χ3v) is 8.19. The van der Waals surface area contributed by atoms with Gasteiger partial charge in [-0.2, -0.15) is 0 Å². The molecule has 0 saturated carbocycles. The van der Waals surface area contributed by atoms with Gasteiger partial charge in [0.25, 0.3) is 0 Å². The summed E-state index contributed by atoms with van der Waals surface area (Å²) in [5, 5.41) is 121. The first kappa shape index (κ1) is 39.7. The van der Waals surface area contributed by atoms with Gasteiger partial charge < -0.3 is 101 Å². The van der Waals surface area contributed by atoms with E-state index >= 15 is 0 Å². The first-order valence-electron chi connectivity index (χ1n) is 14.6. The molecule has 0 bridgehead atoms. The molecule has 47 heavy (non-hydrogen) atoms. The molecule has 3 saturated heterocycles. The number of carbonyl (C=O) groups is 2. The lowest BCUT2D eigenvalue weighted by Crippen LogP contribution is -2.69. The zero-order valence-electron chi connectivity index (χ0n) is 24.9. The SMILES string of the molecule is CCC(N)[C@@H](O[C@@H]1OC(C(=O)O)[C@@H](O[C@@H]2OC(CO)[C@@H](O)[C@H](O[C@@H]3OC(C(=O)O)[C@@H](O)[C@H](O)C3O)C2N)[C@H](O)C1O)[C@H](O)C(O)CO. The van der Waals surface area contributed by atoms with Crippen molar-refractivity contribution in [3.63, 3.8) is 0 Å². The maximum atomic E-state index is 12.2. The summed E-state index contributed by atoms with van der Waals surface area (Å²) in [6, 6.07) is -2.74. The topological polar surface area (TPSA) is 384 Å². The van der Waals surface area contributed by atoms with Crippen LogP contribution in [0, 0.1) is 0 Å². The Kier molecular flexibility index (Phi) is 14.1. The summed E-state index contributed by atoms with van der Waals surface area (Å²) in [6.45, 7) is -0.271. The van der Waals surface area contributed by atoms with E-state index in [1.54, 1.807) is 6.92 Å². The highest BCUT2D eigenvalue weighted by Gasteiger charge is 2.55. The van der Waals surface area contributed by atoms with Crippen molar-refractivity contribution in [2.45, 2.75) is 130 Å². The summed E-state index contributed by atoms with van der Waals surface area (Å²) in [5.41, 5.74) is 12.1. The minimum atomic E-state index is -2.17. The second kappa shape index (κ2) is 16.8. The summed E-state index contributed by atoms with van der Waals surface area (Å²) >= 11 is 0. The minimum absolute atomic E-state index is 0.136. The van der Waals surface area contributed by atoms with Gasteiger partial charge in [-0.25, -0.2) is 9.59 Å². The Hall–Kier alpha value is -1.78. The molecule has 0 aromatic carbocycles. The lowest BCUT2D eigenvalue weighted by molar-refractivity contribution is -0.362. The molecule has 3 rings (SSSR count). The zero-order valence-corrected chi connectivity index (χ0v) is 24.9. The molecule has 22 heteroatoms.